The van der Waals surface area contributed by atoms with Crippen molar-refractivity contribution in [3.8, 4) is 6.01 Å². The van der Waals surface area contributed by atoms with Gasteiger partial charge in [0.05, 0.1) is 24.4 Å². The normalized spacial score (nSPS) is 24.0. The molecule has 2 N–H and O–H groups in total. The molecule has 3 rings (SSSR count). The fourth-order valence-corrected chi connectivity index (χ4v) is 3.65. The molecule has 1 amide bonds. The van der Waals surface area contributed by atoms with Crippen molar-refractivity contribution in [2.75, 3.05) is 19.8 Å². The molecule has 2 aliphatic rings. The lowest BCUT2D eigenvalue weighted by Crippen LogP contribution is -2.49. The van der Waals surface area contributed by atoms with E-state index in [4.69, 9.17) is 19.2 Å². The lowest BCUT2D eigenvalue weighted by Gasteiger charge is -2.36. The van der Waals surface area contributed by atoms with Gasteiger partial charge >= 0.3 is 13.1 Å². The van der Waals surface area contributed by atoms with Crippen molar-refractivity contribution >= 4 is 18.5 Å². The van der Waals surface area contributed by atoms with Gasteiger partial charge in [-0.25, -0.2) is 9.97 Å². The molecule has 10 heteroatoms. The van der Waals surface area contributed by atoms with E-state index in [9.17, 15) is 9.90 Å². The number of carbonyl (C=O) groups is 1. The highest BCUT2D eigenvalue weighted by Gasteiger charge is 2.52. The van der Waals surface area contributed by atoms with Crippen LogP contribution in [0.2, 0.25) is 0 Å². The molecule has 1 aromatic rings. The number of aliphatic hydroxyl groups excluding tert-OH is 2. The van der Waals surface area contributed by atoms with E-state index in [-0.39, 0.29) is 12.1 Å². The second-order valence-electron chi connectivity index (χ2n) is 8.90. The van der Waals surface area contributed by atoms with E-state index >= 15 is 0 Å². The first-order valence-electron chi connectivity index (χ1n) is 10.5. The van der Waals surface area contributed by atoms with Crippen LogP contribution in [0.25, 0.3) is 0 Å². The predicted octanol–water partition coefficient (Wildman–Crippen LogP) is 0.279. The Morgan fingerprint density at radius 1 is 1.27 bits per heavy atom. The minimum atomic E-state index is -1.36. The van der Waals surface area contributed by atoms with Crippen LogP contribution in [0, 0.1) is 0 Å². The summed E-state index contributed by atoms with van der Waals surface area (Å²) in [5.74, 6) is -0.426. The molecule has 0 aliphatic carbocycles. The van der Waals surface area contributed by atoms with Gasteiger partial charge in [0.1, 0.15) is 0 Å². The van der Waals surface area contributed by atoms with E-state index in [1.54, 1.807) is 17.3 Å². The Morgan fingerprint density at radius 2 is 1.90 bits per heavy atom. The zero-order valence-electron chi connectivity index (χ0n) is 18.2. The third-order valence-electron chi connectivity index (χ3n) is 6.22. The molecule has 2 aliphatic heterocycles. The van der Waals surface area contributed by atoms with Crippen molar-refractivity contribution < 1.29 is 29.1 Å². The first kappa shape index (κ1) is 22.9. The fraction of sp³-hybridized carbons (Fsp3) is 0.750. The van der Waals surface area contributed by atoms with Crippen molar-refractivity contribution in [1.82, 2.24) is 14.9 Å². The second-order valence-corrected chi connectivity index (χ2v) is 8.90. The van der Waals surface area contributed by atoms with E-state index in [2.05, 4.69) is 9.97 Å². The number of carbonyl (C=O) groups excluding carboxylic acids is 1. The number of amides is 1. The smallest absolute Gasteiger partial charge is 0.463 e. The number of aliphatic hydroxyl groups is 2. The molecular weight excluding hydrogens is 389 g/mol. The number of nitrogens with zero attached hydrogens (tertiary/aromatic N) is 3. The maximum absolute atomic E-state index is 12.3. The molecule has 2 fully saturated rings. The number of aromatic nitrogens is 2. The second kappa shape index (κ2) is 9.17. The molecule has 0 saturated carbocycles. The Balaban J connectivity index is 1.52. The van der Waals surface area contributed by atoms with Crippen LogP contribution in [0.15, 0.2) is 12.4 Å². The molecule has 0 spiro atoms. The highest BCUT2D eigenvalue weighted by atomic mass is 16.7. The number of ether oxygens (including phenoxy) is 1. The van der Waals surface area contributed by atoms with E-state index < -0.39 is 36.9 Å². The first-order chi connectivity index (χ1) is 14.1. The van der Waals surface area contributed by atoms with E-state index in [0.717, 1.165) is 24.7 Å². The molecule has 30 heavy (non-hydrogen) atoms. The van der Waals surface area contributed by atoms with Crippen LogP contribution in [0.1, 0.15) is 53.4 Å². The van der Waals surface area contributed by atoms with Crippen LogP contribution >= 0.6 is 0 Å². The van der Waals surface area contributed by atoms with Crippen molar-refractivity contribution in [3.05, 3.63) is 12.4 Å². The van der Waals surface area contributed by atoms with Gasteiger partial charge in [0.2, 0.25) is 0 Å². The molecule has 0 unspecified atom stereocenters. The van der Waals surface area contributed by atoms with Gasteiger partial charge in [-0.1, -0.05) is 0 Å². The maximum Gasteiger partial charge on any atom is 0.498 e. The van der Waals surface area contributed by atoms with Crippen LogP contribution in [-0.2, 0) is 14.1 Å². The summed E-state index contributed by atoms with van der Waals surface area (Å²) in [6.07, 6.45) is 5.27. The third kappa shape index (κ3) is 4.93. The van der Waals surface area contributed by atoms with Crippen molar-refractivity contribution in [2.45, 2.75) is 76.7 Å². The van der Waals surface area contributed by atoms with Crippen molar-refractivity contribution in [1.29, 1.82) is 0 Å². The maximum atomic E-state index is 12.3. The van der Waals surface area contributed by atoms with Gasteiger partial charge in [0, 0.05) is 36.9 Å². The number of likely N-dealkylation sites (tertiary alicyclic amines) is 1. The minimum absolute atomic E-state index is 0.0310. The summed E-state index contributed by atoms with van der Waals surface area (Å²) in [6, 6.07) is 0.218. The molecule has 0 radical (unpaired) electrons. The lowest BCUT2D eigenvalue weighted by molar-refractivity contribution is -0.146. The van der Waals surface area contributed by atoms with E-state index in [0.29, 0.717) is 19.6 Å². The number of rotatable bonds is 7. The molecule has 9 nitrogen and oxygen atoms in total. The summed E-state index contributed by atoms with van der Waals surface area (Å²) < 4.78 is 17.7. The van der Waals surface area contributed by atoms with Gasteiger partial charge in [-0.2, -0.15) is 0 Å². The summed E-state index contributed by atoms with van der Waals surface area (Å²) in [5, 5.41) is 18.7. The van der Waals surface area contributed by atoms with Crippen molar-refractivity contribution in [3.63, 3.8) is 0 Å². The number of hydrogen-bond donors (Lipinski definition) is 2. The van der Waals surface area contributed by atoms with Gasteiger partial charge in [-0.05, 0) is 47.0 Å². The van der Waals surface area contributed by atoms with E-state index in [1.165, 1.54) is 0 Å². The highest BCUT2D eigenvalue weighted by molar-refractivity contribution is 6.61. The zero-order chi connectivity index (χ0) is 21.9. The zero-order valence-corrected chi connectivity index (χ0v) is 18.2. The van der Waals surface area contributed by atoms with Gasteiger partial charge in [0.15, 0.2) is 6.10 Å². The average Bonchev–Trinajstić information content (AvgIpc) is 2.95. The summed E-state index contributed by atoms with van der Waals surface area (Å²) in [7, 11) is -0.524. The molecule has 0 bridgehead atoms. The van der Waals surface area contributed by atoms with Crippen LogP contribution in [-0.4, -0.2) is 81.2 Å². The quantitative estimate of drug-likeness (QED) is 0.604. The number of hydrogen-bond acceptors (Lipinski definition) is 8. The van der Waals surface area contributed by atoms with Crippen molar-refractivity contribution in [2.24, 2.45) is 0 Å². The molecular formula is C20H32BN3O6. The summed E-state index contributed by atoms with van der Waals surface area (Å²) in [5.41, 5.74) is -0.137. The SMILES string of the molecule is CC1(C)OB(c2cnc(OCC[C@@H]3CCCCN3C(=O)[C@@H](O)CO)nc2)OC1(C)C. The fourth-order valence-electron chi connectivity index (χ4n) is 3.65. The Kier molecular flexibility index (Phi) is 7.01. The first-order valence-corrected chi connectivity index (χ1v) is 10.5. The minimum Gasteiger partial charge on any atom is -0.463 e. The lowest BCUT2D eigenvalue weighted by atomic mass is 9.81. The van der Waals surface area contributed by atoms with Crippen LogP contribution < -0.4 is 10.2 Å². The highest BCUT2D eigenvalue weighted by Crippen LogP contribution is 2.36. The van der Waals surface area contributed by atoms with Gasteiger partial charge in [0.25, 0.3) is 5.91 Å². The molecule has 3 heterocycles. The molecule has 166 valence electrons. The largest absolute Gasteiger partial charge is 0.498 e. The van der Waals surface area contributed by atoms with E-state index in [1.807, 2.05) is 27.7 Å². The van der Waals surface area contributed by atoms with Gasteiger partial charge in [-0.15, -0.1) is 0 Å². The Morgan fingerprint density at radius 3 is 2.50 bits per heavy atom. The molecule has 2 saturated heterocycles. The standard InChI is InChI=1S/C20H32BN3O6/c1-19(2)20(3,4)30-21(29-19)14-11-22-18(23-12-14)28-10-8-15-7-5-6-9-24(15)17(27)16(26)13-25/h11-12,15-16,25-26H,5-10,13H2,1-4H3/t15-,16-/m0/s1. The molecule has 2 atom stereocenters. The Labute approximate surface area is 177 Å². The summed E-state index contributed by atoms with van der Waals surface area (Å²) in [6.45, 7) is 8.32. The Bertz CT molecular complexity index is 714. The average molecular weight is 421 g/mol. The molecule has 0 aromatic carbocycles. The Hall–Kier alpha value is -1.75. The summed E-state index contributed by atoms with van der Waals surface area (Å²) >= 11 is 0. The topological polar surface area (TPSA) is 114 Å². The van der Waals surface area contributed by atoms with Gasteiger partial charge in [-0.3, -0.25) is 4.79 Å². The van der Waals surface area contributed by atoms with Crippen LogP contribution in [0.5, 0.6) is 6.01 Å². The molecule has 1 aromatic heterocycles. The monoisotopic (exact) mass is 421 g/mol. The van der Waals surface area contributed by atoms with Crippen LogP contribution in [0.4, 0.5) is 0 Å². The van der Waals surface area contributed by atoms with Gasteiger partial charge < -0.3 is 29.2 Å². The summed E-state index contributed by atoms with van der Waals surface area (Å²) in [4.78, 5) is 22.4. The third-order valence-corrected chi connectivity index (χ3v) is 6.22. The predicted molar refractivity (Wildman–Crippen MR) is 110 cm³/mol. The number of piperidine rings is 1. The van der Waals surface area contributed by atoms with Crippen LogP contribution in [0.3, 0.4) is 0 Å².